The van der Waals surface area contributed by atoms with Gasteiger partial charge in [0.1, 0.15) is 11.9 Å². The average molecular weight is 552 g/mol. The van der Waals surface area contributed by atoms with Crippen molar-refractivity contribution >= 4 is 45.6 Å². The molecule has 0 saturated carbocycles. The van der Waals surface area contributed by atoms with Crippen molar-refractivity contribution in [3.63, 3.8) is 0 Å². The van der Waals surface area contributed by atoms with E-state index in [-0.39, 0.29) is 23.4 Å². The maximum absolute atomic E-state index is 13.0. The smallest absolute Gasteiger partial charge is 0.412 e. The molecule has 0 fully saturated rings. The lowest BCUT2D eigenvalue weighted by Crippen LogP contribution is -2.22. The van der Waals surface area contributed by atoms with Gasteiger partial charge in [-0.15, -0.1) is 0 Å². The highest BCUT2D eigenvalue weighted by Gasteiger charge is 2.26. The maximum atomic E-state index is 13.0. The Labute approximate surface area is 238 Å². The molecule has 2 atom stereocenters. The van der Waals surface area contributed by atoms with E-state index in [1.165, 1.54) is 13.0 Å². The standard InChI is InChI=1S/C33H33N3O5/c1-21(9-3-8-14-31(39)36-29-13-7-6-12-28(29)34)32(27-19-20-30(38)26-11-5-4-10-25(26)27)41-33(40)35-24-17-15-23(16-18-24)22(2)37/h4-8,10-21,32,38H,3,9,34H2,1-2H3,(H,35,40)(H,36,39)/b14-8+/t21-,32-/m0/s1. The first-order chi connectivity index (χ1) is 19.7. The zero-order valence-corrected chi connectivity index (χ0v) is 23.0. The summed E-state index contributed by atoms with van der Waals surface area (Å²) in [5, 5.41) is 17.3. The molecule has 0 spiro atoms. The molecular weight excluding hydrogens is 518 g/mol. The van der Waals surface area contributed by atoms with Gasteiger partial charge < -0.3 is 20.9 Å². The van der Waals surface area contributed by atoms with Crippen molar-refractivity contribution in [3.05, 3.63) is 108 Å². The van der Waals surface area contributed by atoms with Crippen LogP contribution in [0.15, 0.2) is 97.1 Å². The number of amides is 2. The molecule has 41 heavy (non-hydrogen) atoms. The third-order valence-electron chi connectivity index (χ3n) is 6.81. The molecule has 210 valence electrons. The number of Topliss-reactive ketones (excluding diaryl/α,β-unsaturated/α-hetero) is 1. The predicted molar refractivity (Wildman–Crippen MR) is 162 cm³/mol. The molecular formula is C33H33N3O5. The lowest BCUT2D eigenvalue weighted by Gasteiger charge is -2.26. The highest BCUT2D eigenvalue weighted by atomic mass is 16.6. The Morgan fingerprint density at radius 1 is 0.902 bits per heavy atom. The maximum Gasteiger partial charge on any atom is 0.412 e. The Kier molecular flexibility index (Phi) is 9.37. The molecule has 2 amide bonds. The molecule has 5 N–H and O–H groups in total. The molecule has 0 aliphatic carbocycles. The van der Waals surface area contributed by atoms with E-state index in [0.717, 1.165) is 10.9 Å². The van der Waals surface area contributed by atoms with E-state index in [1.54, 1.807) is 66.7 Å². The number of nitrogens with two attached hydrogens (primary N) is 1. The van der Waals surface area contributed by atoms with E-state index in [0.29, 0.717) is 40.9 Å². The van der Waals surface area contributed by atoms with E-state index in [2.05, 4.69) is 10.6 Å². The van der Waals surface area contributed by atoms with Crippen LogP contribution in [0, 0.1) is 5.92 Å². The zero-order valence-electron chi connectivity index (χ0n) is 23.0. The number of phenolic OH excluding ortho intramolecular Hbond substituents is 1. The van der Waals surface area contributed by atoms with E-state index >= 15 is 0 Å². The van der Waals surface area contributed by atoms with Crippen LogP contribution >= 0.6 is 0 Å². The van der Waals surface area contributed by atoms with Gasteiger partial charge in [0, 0.05) is 22.2 Å². The number of anilines is 3. The van der Waals surface area contributed by atoms with Crippen LogP contribution in [0.2, 0.25) is 0 Å². The van der Waals surface area contributed by atoms with Crippen LogP contribution in [0.1, 0.15) is 48.7 Å². The molecule has 4 aromatic carbocycles. The minimum atomic E-state index is -0.650. The van der Waals surface area contributed by atoms with Crippen molar-refractivity contribution in [2.24, 2.45) is 5.92 Å². The van der Waals surface area contributed by atoms with Gasteiger partial charge in [-0.3, -0.25) is 14.9 Å². The summed E-state index contributed by atoms with van der Waals surface area (Å²) in [5.41, 5.74) is 8.72. The van der Waals surface area contributed by atoms with Crippen LogP contribution < -0.4 is 16.4 Å². The van der Waals surface area contributed by atoms with Gasteiger partial charge in [-0.25, -0.2) is 4.79 Å². The average Bonchev–Trinajstić information content (AvgIpc) is 2.96. The number of carbonyl (C=O) groups excluding carboxylic acids is 3. The minimum Gasteiger partial charge on any atom is -0.507 e. The fourth-order valence-corrected chi connectivity index (χ4v) is 4.58. The van der Waals surface area contributed by atoms with E-state index in [1.807, 2.05) is 31.2 Å². The van der Waals surface area contributed by atoms with Crippen LogP contribution in [-0.4, -0.2) is 22.9 Å². The molecule has 0 aliphatic rings. The lowest BCUT2D eigenvalue weighted by atomic mass is 9.89. The van der Waals surface area contributed by atoms with Crippen molar-refractivity contribution in [2.45, 2.75) is 32.8 Å². The van der Waals surface area contributed by atoms with Gasteiger partial charge in [-0.1, -0.05) is 55.5 Å². The molecule has 0 heterocycles. The summed E-state index contributed by atoms with van der Waals surface area (Å²) in [6, 6.07) is 24.4. The van der Waals surface area contributed by atoms with Crippen molar-refractivity contribution < 1.29 is 24.2 Å². The van der Waals surface area contributed by atoms with Gasteiger partial charge in [-0.05, 0) is 79.6 Å². The summed E-state index contributed by atoms with van der Waals surface area (Å²) < 4.78 is 5.98. The molecule has 0 radical (unpaired) electrons. The number of aromatic hydroxyl groups is 1. The number of rotatable bonds is 10. The fourth-order valence-electron chi connectivity index (χ4n) is 4.58. The predicted octanol–water partition coefficient (Wildman–Crippen LogP) is 7.23. The second kappa shape index (κ2) is 13.3. The summed E-state index contributed by atoms with van der Waals surface area (Å²) >= 11 is 0. The fraction of sp³-hybridized carbons (Fsp3) is 0.182. The number of para-hydroxylation sites is 2. The van der Waals surface area contributed by atoms with Gasteiger partial charge in [-0.2, -0.15) is 0 Å². The number of ether oxygens (including phenoxy) is 1. The number of carbonyl (C=O) groups is 3. The first kappa shape index (κ1) is 28.9. The third kappa shape index (κ3) is 7.51. The van der Waals surface area contributed by atoms with Crippen molar-refractivity contribution in [2.75, 3.05) is 16.4 Å². The van der Waals surface area contributed by atoms with Crippen molar-refractivity contribution in [1.29, 1.82) is 0 Å². The largest absolute Gasteiger partial charge is 0.507 e. The molecule has 0 aliphatic heterocycles. The lowest BCUT2D eigenvalue weighted by molar-refractivity contribution is -0.111. The molecule has 0 unspecified atom stereocenters. The van der Waals surface area contributed by atoms with Crippen LogP contribution in [0.4, 0.5) is 21.9 Å². The van der Waals surface area contributed by atoms with Gasteiger partial charge in [0.25, 0.3) is 0 Å². The minimum absolute atomic E-state index is 0.0667. The zero-order chi connectivity index (χ0) is 29.4. The quantitative estimate of drug-likeness (QED) is 0.0934. The molecule has 0 bridgehead atoms. The molecule has 0 saturated heterocycles. The molecule has 4 aromatic rings. The normalized spacial score (nSPS) is 12.5. The second-order valence-corrected chi connectivity index (χ2v) is 9.84. The summed E-state index contributed by atoms with van der Waals surface area (Å²) in [6.45, 7) is 3.45. The number of ketones is 1. The summed E-state index contributed by atoms with van der Waals surface area (Å²) in [6.07, 6.45) is 3.10. The number of hydrogen-bond donors (Lipinski definition) is 4. The number of hydrogen-bond acceptors (Lipinski definition) is 6. The SMILES string of the molecule is CC(=O)c1ccc(NC(=O)O[C@H](c2ccc(O)c3ccccc23)[C@@H](C)CC/C=C/C(=O)Nc2ccccc2N)cc1. The van der Waals surface area contributed by atoms with Crippen LogP contribution in [0.3, 0.4) is 0 Å². The van der Waals surface area contributed by atoms with Gasteiger partial charge in [0.15, 0.2) is 5.78 Å². The summed E-state index contributed by atoms with van der Waals surface area (Å²) in [4.78, 5) is 36.9. The number of benzene rings is 4. The van der Waals surface area contributed by atoms with Gasteiger partial charge in [0.2, 0.25) is 5.91 Å². The Hall–Kier alpha value is -5.11. The number of nitrogen functional groups attached to an aromatic ring is 1. The molecule has 0 aromatic heterocycles. The van der Waals surface area contributed by atoms with E-state index < -0.39 is 12.2 Å². The third-order valence-corrected chi connectivity index (χ3v) is 6.81. The Morgan fingerprint density at radius 3 is 2.29 bits per heavy atom. The molecule has 4 rings (SSSR count). The number of nitrogens with one attached hydrogen (secondary N) is 2. The van der Waals surface area contributed by atoms with Gasteiger partial charge in [0.05, 0.1) is 11.4 Å². The summed E-state index contributed by atoms with van der Waals surface area (Å²) in [5.74, 6) is -0.365. The first-order valence-corrected chi connectivity index (χ1v) is 13.3. The van der Waals surface area contributed by atoms with Crippen LogP contribution in [0.5, 0.6) is 5.75 Å². The second-order valence-electron chi connectivity index (χ2n) is 9.84. The summed E-state index contributed by atoms with van der Waals surface area (Å²) in [7, 11) is 0. The Balaban J connectivity index is 1.49. The van der Waals surface area contributed by atoms with E-state index in [9.17, 15) is 19.5 Å². The van der Waals surface area contributed by atoms with Crippen LogP contribution in [0.25, 0.3) is 10.8 Å². The van der Waals surface area contributed by atoms with Crippen molar-refractivity contribution in [1.82, 2.24) is 0 Å². The Morgan fingerprint density at radius 2 is 1.59 bits per heavy atom. The van der Waals surface area contributed by atoms with Crippen molar-refractivity contribution in [3.8, 4) is 5.75 Å². The number of allylic oxidation sites excluding steroid dienone is 1. The van der Waals surface area contributed by atoms with Crippen LogP contribution in [-0.2, 0) is 9.53 Å². The highest BCUT2D eigenvalue weighted by molar-refractivity contribution is 6.01. The first-order valence-electron chi connectivity index (χ1n) is 13.3. The number of phenols is 1. The topological polar surface area (TPSA) is 131 Å². The van der Waals surface area contributed by atoms with E-state index in [4.69, 9.17) is 10.5 Å². The Bertz CT molecular complexity index is 1580. The number of fused-ring (bicyclic) bond motifs is 1. The molecule has 8 heteroatoms. The van der Waals surface area contributed by atoms with Gasteiger partial charge >= 0.3 is 6.09 Å². The monoisotopic (exact) mass is 551 g/mol. The highest BCUT2D eigenvalue weighted by Crippen LogP contribution is 2.37. The molecule has 8 nitrogen and oxygen atoms in total.